The van der Waals surface area contributed by atoms with E-state index in [1.54, 1.807) is 0 Å². The summed E-state index contributed by atoms with van der Waals surface area (Å²) in [6.07, 6.45) is 1.89. The van der Waals surface area contributed by atoms with E-state index < -0.39 is 5.54 Å². The van der Waals surface area contributed by atoms with E-state index >= 15 is 0 Å². The van der Waals surface area contributed by atoms with Crippen LogP contribution in [0.4, 0.5) is 0 Å². The predicted molar refractivity (Wildman–Crippen MR) is 79.2 cm³/mol. The van der Waals surface area contributed by atoms with Gasteiger partial charge in [0.25, 0.3) is 0 Å². The van der Waals surface area contributed by atoms with Crippen molar-refractivity contribution in [3.05, 3.63) is 0 Å². The van der Waals surface area contributed by atoms with Crippen molar-refractivity contribution >= 4 is 11.7 Å². The molecule has 21 heavy (non-hydrogen) atoms. The standard InChI is InChI=1S/C14H26N4O3/c1-14(2,13(15)16-20)18-7-5-17(6-8-18)12(19)11-4-3-9-21-10-11/h11,20H,3-10H2,1-2H3,(H2,15,16). The minimum Gasteiger partial charge on any atom is -0.409 e. The number of oxime groups is 1. The topological polar surface area (TPSA) is 91.4 Å². The highest BCUT2D eigenvalue weighted by molar-refractivity contribution is 5.88. The van der Waals surface area contributed by atoms with Crippen LogP contribution in [0.25, 0.3) is 0 Å². The Kier molecular flexibility index (Phi) is 5.05. The van der Waals surface area contributed by atoms with E-state index in [-0.39, 0.29) is 17.7 Å². The number of ether oxygens (including phenoxy) is 1. The Morgan fingerprint density at radius 3 is 2.52 bits per heavy atom. The van der Waals surface area contributed by atoms with Crippen molar-refractivity contribution in [1.82, 2.24) is 9.80 Å². The van der Waals surface area contributed by atoms with Gasteiger partial charge in [-0.05, 0) is 26.7 Å². The van der Waals surface area contributed by atoms with Gasteiger partial charge in [0.05, 0.1) is 18.1 Å². The van der Waals surface area contributed by atoms with Crippen molar-refractivity contribution in [2.75, 3.05) is 39.4 Å². The first-order valence-electron chi connectivity index (χ1n) is 7.56. The van der Waals surface area contributed by atoms with Gasteiger partial charge in [0.1, 0.15) is 0 Å². The number of amidine groups is 1. The van der Waals surface area contributed by atoms with E-state index in [0.29, 0.717) is 19.7 Å². The number of nitrogens with two attached hydrogens (primary N) is 1. The van der Waals surface area contributed by atoms with Crippen LogP contribution in [0.1, 0.15) is 26.7 Å². The molecule has 2 fully saturated rings. The van der Waals surface area contributed by atoms with E-state index in [0.717, 1.165) is 32.5 Å². The normalized spacial score (nSPS) is 25.9. The zero-order valence-electron chi connectivity index (χ0n) is 12.9. The molecule has 0 spiro atoms. The van der Waals surface area contributed by atoms with Crippen LogP contribution in [0, 0.1) is 5.92 Å². The molecule has 1 atom stereocenters. The Morgan fingerprint density at radius 1 is 1.33 bits per heavy atom. The smallest absolute Gasteiger partial charge is 0.228 e. The molecule has 0 saturated carbocycles. The van der Waals surface area contributed by atoms with Gasteiger partial charge in [-0.15, -0.1) is 0 Å². The average molecular weight is 298 g/mol. The molecule has 1 unspecified atom stereocenters. The van der Waals surface area contributed by atoms with Crippen LogP contribution in [0.15, 0.2) is 5.16 Å². The molecule has 0 bridgehead atoms. The molecule has 0 aromatic rings. The molecule has 2 heterocycles. The Bertz CT molecular complexity index is 397. The van der Waals surface area contributed by atoms with Gasteiger partial charge in [0.15, 0.2) is 5.84 Å². The second-order valence-corrected chi connectivity index (χ2v) is 6.27. The maximum Gasteiger partial charge on any atom is 0.228 e. The monoisotopic (exact) mass is 298 g/mol. The maximum atomic E-state index is 12.4. The minimum absolute atomic E-state index is 0.0161. The first kappa shape index (κ1) is 16.0. The van der Waals surface area contributed by atoms with Crippen molar-refractivity contribution in [3.63, 3.8) is 0 Å². The summed E-state index contributed by atoms with van der Waals surface area (Å²) in [4.78, 5) is 16.5. The van der Waals surface area contributed by atoms with Crippen LogP contribution in [0.5, 0.6) is 0 Å². The van der Waals surface area contributed by atoms with Gasteiger partial charge in [-0.3, -0.25) is 9.69 Å². The molecule has 2 saturated heterocycles. The number of carbonyl (C=O) groups is 1. The lowest BCUT2D eigenvalue weighted by Crippen LogP contribution is -2.61. The molecule has 7 nitrogen and oxygen atoms in total. The highest BCUT2D eigenvalue weighted by Gasteiger charge is 2.36. The van der Waals surface area contributed by atoms with Crippen LogP contribution in [-0.4, -0.2) is 71.7 Å². The van der Waals surface area contributed by atoms with Gasteiger partial charge >= 0.3 is 0 Å². The minimum atomic E-state index is -0.502. The number of rotatable bonds is 3. The van der Waals surface area contributed by atoms with Gasteiger partial charge in [-0.2, -0.15) is 0 Å². The molecule has 2 aliphatic heterocycles. The van der Waals surface area contributed by atoms with E-state index in [9.17, 15) is 4.79 Å². The van der Waals surface area contributed by atoms with Crippen LogP contribution in [-0.2, 0) is 9.53 Å². The SMILES string of the molecule is CC(C)(C(N)=NO)N1CCN(C(=O)C2CCCOC2)CC1. The molecule has 1 amide bonds. The number of hydrogen-bond donors (Lipinski definition) is 2. The molecule has 0 aromatic heterocycles. The van der Waals surface area contributed by atoms with Crippen molar-refractivity contribution in [2.24, 2.45) is 16.8 Å². The molecular formula is C14H26N4O3. The summed E-state index contributed by atoms with van der Waals surface area (Å²) in [5.41, 5.74) is 5.25. The van der Waals surface area contributed by atoms with Crippen LogP contribution < -0.4 is 5.73 Å². The molecule has 0 aliphatic carbocycles. The van der Waals surface area contributed by atoms with E-state index in [1.807, 2.05) is 18.7 Å². The third-order valence-corrected chi connectivity index (χ3v) is 4.63. The number of amides is 1. The Balaban J connectivity index is 1.89. The summed E-state index contributed by atoms with van der Waals surface area (Å²) in [5.74, 6) is 0.418. The Hall–Kier alpha value is -1.34. The van der Waals surface area contributed by atoms with Gasteiger partial charge in [-0.1, -0.05) is 5.16 Å². The lowest BCUT2D eigenvalue weighted by molar-refractivity contribution is -0.142. The third kappa shape index (κ3) is 3.47. The second kappa shape index (κ2) is 6.62. The third-order valence-electron chi connectivity index (χ3n) is 4.63. The summed E-state index contributed by atoms with van der Waals surface area (Å²) in [6.45, 7) is 7.98. The quantitative estimate of drug-likeness (QED) is 0.333. The first-order valence-corrected chi connectivity index (χ1v) is 7.56. The van der Waals surface area contributed by atoms with Gasteiger partial charge in [0, 0.05) is 32.8 Å². The summed E-state index contributed by atoms with van der Waals surface area (Å²) >= 11 is 0. The molecule has 3 N–H and O–H groups in total. The second-order valence-electron chi connectivity index (χ2n) is 6.27. The molecular weight excluding hydrogens is 272 g/mol. The zero-order chi connectivity index (χ0) is 15.5. The number of nitrogens with zero attached hydrogens (tertiary/aromatic N) is 3. The Morgan fingerprint density at radius 2 is 2.00 bits per heavy atom. The first-order chi connectivity index (χ1) is 9.96. The molecule has 7 heteroatoms. The fraction of sp³-hybridized carbons (Fsp3) is 0.857. The number of hydrogen-bond acceptors (Lipinski definition) is 5. The Labute approximate surface area is 125 Å². The molecule has 120 valence electrons. The zero-order valence-corrected chi connectivity index (χ0v) is 12.9. The van der Waals surface area contributed by atoms with Gasteiger partial charge in [-0.25, -0.2) is 0 Å². The lowest BCUT2D eigenvalue weighted by atomic mass is 9.98. The predicted octanol–water partition coefficient (Wildman–Crippen LogP) is 0.0822. The van der Waals surface area contributed by atoms with Crippen molar-refractivity contribution < 1.29 is 14.7 Å². The molecule has 0 radical (unpaired) electrons. The van der Waals surface area contributed by atoms with Gasteiger partial charge in [0.2, 0.25) is 5.91 Å². The van der Waals surface area contributed by atoms with Crippen molar-refractivity contribution in [2.45, 2.75) is 32.2 Å². The summed E-state index contributed by atoms with van der Waals surface area (Å²) in [5, 5.41) is 12.0. The van der Waals surface area contributed by atoms with Crippen molar-refractivity contribution in [1.29, 1.82) is 0 Å². The van der Waals surface area contributed by atoms with E-state index in [4.69, 9.17) is 15.7 Å². The van der Waals surface area contributed by atoms with Crippen LogP contribution in [0.2, 0.25) is 0 Å². The summed E-state index contributed by atoms with van der Waals surface area (Å²) < 4.78 is 5.40. The molecule has 2 rings (SSSR count). The largest absolute Gasteiger partial charge is 0.409 e. The number of carbonyl (C=O) groups excluding carboxylic acids is 1. The fourth-order valence-corrected chi connectivity index (χ4v) is 2.96. The van der Waals surface area contributed by atoms with E-state index in [1.165, 1.54) is 0 Å². The summed E-state index contributed by atoms with van der Waals surface area (Å²) in [7, 11) is 0. The fourth-order valence-electron chi connectivity index (χ4n) is 2.96. The highest BCUT2D eigenvalue weighted by atomic mass is 16.5. The average Bonchev–Trinajstić information content (AvgIpc) is 2.54. The number of piperazine rings is 1. The van der Waals surface area contributed by atoms with Crippen LogP contribution in [0.3, 0.4) is 0 Å². The molecule has 2 aliphatic rings. The summed E-state index contributed by atoms with van der Waals surface area (Å²) in [6, 6.07) is 0. The lowest BCUT2D eigenvalue weighted by Gasteiger charge is -2.44. The highest BCUT2D eigenvalue weighted by Crippen LogP contribution is 2.21. The van der Waals surface area contributed by atoms with Crippen LogP contribution >= 0.6 is 0 Å². The van der Waals surface area contributed by atoms with Gasteiger partial charge < -0.3 is 20.6 Å². The molecule has 0 aromatic carbocycles. The maximum absolute atomic E-state index is 12.4. The van der Waals surface area contributed by atoms with Crippen molar-refractivity contribution in [3.8, 4) is 0 Å². The van der Waals surface area contributed by atoms with E-state index in [2.05, 4.69) is 10.1 Å².